The summed E-state index contributed by atoms with van der Waals surface area (Å²) in [7, 11) is 8.48. The second kappa shape index (κ2) is 13.6. The summed E-state index contributed by atoms with van der Waals surface area (Å²) in [4.78, 5) is 46.0. The number of esters is 2. The molecule has 1 amide bonds. The first-order valence-corrected chi connectivity index (χ1v) is 16.4. The largest absolute Gasteiger partial charge is 0.493 e. The third kappa shape index (κ3) is 5.56. The molecule has 11 nitrogen and oxygen atoms in total. The van der Waals surface area contributed by atoms with Gasteiger partial charge in [-0.2, -0.15) is 0 Å². The molecule has 0 radical (unpaired) electrons. The standard InChI is InChI=1S/C36H48N2O9/c1-9-46-33(40)35(34(41)47-10-2)13-14-36(26-20-31(45-8)29(43-6)18-24(26)12-16-38(36)22(3)39)27(21-35)32-25-19-30(44-7)28(42-5)17-23(25)11-15-37(32)4/h17-20,27,32H,9-16,21H2,1-8H3/t27-,32?,36-/m0/s1. The number of hydrogen-bond acceptors (Lipinski definition) is 10. The molecule has 0 saturated heterocycles. The number of nitrogens with zero attached hydrogens (tertiary/aromatic N) is 2. The van der Waals surface area contributed by atoms with Crippen molar-refractivity contribution in [3.05, 3.63) is 46.5 Å². The monoisotopic (exact) mass is 652 g/mol. The van der Waals surface area contributed by atoms with Crippen molar-refractivity contribution in [1.82, 2.24) is 9.80 Å². The summed E-state index contributed by atoms with van der Waals surface area (Å²) in [6.45, 7) is 6.49. The second-order valence-electron chi connectivity index (χ2n) is 12.6. The Bertz CT molecular complexity index is 1510. The maximum absolute atomic E-state index is 14.0. The van der Waals surface area contributed by atoms with Gasteiger partial charge in [0.2, 0.25) is 5.91 Å². The molecule has 2 aromatic rings. The van der Waals surface area contributed by atoms with Crippen molar-refractivity contribution in [3.63, 3.8) is 0 Å². The highest BCUT2D eigenvalue weighted by Gasteiger charge is 2.64. The summed E-state index contributed by atoms with van der Waals surface area (Å²) < 4.78 is 34.2. The Morgan fingerprint density at radius 2 is 1.30 bits per heavy atom. The molecule has 0 bridgehead atoms. The van der Waals surface area contributed by atoms with E-state index >= 15 is 0 Å². The van der Waals surface area contributed by atoms with E-state index in [9.17, 15) is 14.4 Å². The first kappa shape index (κ1) is 34.3. The van der Waals surface area contributed by atoms with Crippen LogP contribution in [0.25, 0.3) is 0 Å². The van der Waals surface area contributed by atoms with Crippen LogP contribution in [-0.4, -0.2) is 89.4 Å². The molecule has 2 aliphatic heterocycles. The van der Waals surface area contributed by atoms with Gasteiger partial charge in [0, 0.05) is 32.0 Å². The number of amides is 1. The molecule has 2 aromatic carbocycles. The minimum Gasteiger partial charge on any atom is -0.493 e. The van der Waals surface area contributed by atoms with Crippen LogP contribution in [0.15, 0.2) is 24.3 Å². The summed E-state index contributed by atoms with van der Waals surface area (Å²) in [5, 5.41) is 0. The van der Waals surface area contributed by atoms with Gasteiger partial charge in [0.25, 0.3) is 0 Å². The maximum atomic E-state index is 14.0. The lowest BCUT2D eigenvalue weighted by Crippen LogP contribution is -2.64. The van der Waals surface area contributed by atoms with E-state index in [-0.39, 0.29) is 38.0 Å². The van der Waals surface area contributed by atoms with Gasteiger partial charge >= 0.3 is 11.9 Å². The van der Waals surface area contributed by atoms with Crippen LogP contribution in [0.2, 0.25) is 0 Å². The van der Waals surface area contributed by atoms with Gasteiger partial charge in [0.1, 0.15) is 0 Å². The van der Waals surface area contributed by atoms with Crippen molar-refractivity contribution < 1.29 is 42.8 Å². The van der Waals surface area contributed by atoms with E-state index in [1.54, 1.807) is 49.2 Å². The molecule has 0 aromatic heterocycles. The second-order valence-corrected chi connectivity index (χ2v) is 12.6. The summed E-state index contributed by atoms with van der Waals surface area (Å²) in [6, 6.07) is 7.66. The van der Waals surface area contributed by atoms with Gasteiger partial charge in [-0.3, -0.25) is 19.3 Å². The van der Waals surface area contributed by atoms with Gasteiger partial charge in [-0.25, -0.2) is 0 Å². The van der Waals surface area contributed by atoms with Crippen LogP contribution < -0.4 is 18.9 Å². The van der Waals surface area contributed by atoms with E-state index in [0.717, 1.165) is 28.7 Å². The molecule has 0 N–H and O–H groups in total. The topological polar surface area (TPSA) is 113 Å². The highest BCUT2D eigenvalue weighted by atomic mass is 16.6. The predicted octanol–water partition coefficient (Wildman–Crippen LogP) is 4.46. The molecule has 3 aliphatic rings. The Balaban J connectivity index is 1.85. The molecular weight excluding hydrogens is 604 g/mol. The van der Waals surface area contributed by atoms with Crippen molar-refractivity contribution in [1.29, 1.82) is 0 Å². The van der Waals surface area contributed by atoms with E-state index in [2.05, 4.69) is 11.9 Å². The lowest BCUT2D eigenvalue weighted by atomic mass is 9.54. The Morgan fingerprint density at radius 1 is 0.766 bits per heavy atom. The zero-order chi connectivity index (χ0) is 34.1. The van der Waals surface area contributed by atoms with Crippen LogP contribution in [-0.2, 0) is 42.2 Å². The van der Waals surface area contributed by atoms with Crippen LogP contribution >= 0.6 is 0 Å². The van der Waals surface area contributed by atoms with Crippen molar-refractivity contribution in [2.45, 2.75) is 64.5 Å². The smallest absolute Gasteiger partial charge is 0.323 e. The summed E-state index contributed by atoms with van der Waals surface area (Å²) in [5.41, 5.74) is 1.58. The Labute approximate surface area is 277 Å². The Hall–Kier alpha value is -3.99. The van der Waals surface area contributed by atoms with E-state index < -0.39 is 28.8 Å². The SMILES string of the molecule is CCOC(=O)C1(C(=O)OCC)CC[C@]2(c3cc(OC)c(OC)cc3CCN2C(C)=O)[C@H](C2c3cc(OC)c(OC)cc3CCN2C)C1. The van der Waals surface area contributed by atoms with Crippen molar-refractivity contribution >= 4 is 17.8 Å². The molecule has 1 unspecified atom stereocenters. The predicted molar refractivity (Wildman–Crippen MR) is 174 cm³/mol. The average Bonchev–Trinajstić information content (AvgIpc) is 3.07. The molecule has 1 spiro atoms. The van der Waals surface area contributed by atoms with Crippen molar-refractivity contribution in [2.24, 2.45) is 11.3 Å². The number of carbonyl (C=O) groups is 3. The molecule has 47 heavy (non-hydrogen) atoms. The van der Waals surface area contributed by atoms with Crippen LogP contribution in [0.4, 0.5) is 0 Å². The van der Waals surface area contributed by atoms with E-state index in [1.807, 2.05) is 29.2 Å². The normalized spacial score (nSPS) is 23.3. The van der Waals surface area contributed by atoms with Gasteiger partial charge < -0.3 is 33.3 Å². The molecule has 256 valence electrons. The summed E-state index contributed by atoms with van der Waals surface area (Å²) in [6.07, 6.45) is 1.96. The van der Waals surface area contributed by atoms with Gasteiger partial charge in [-0.05, 0) is 99.5 Å². The number of fused-ring (bicyclic) bond motifs is 3. The zero-order valence-electron chi connectivity index (χ0n) is 28.9. The number of carbonyl (C=O) groups excluding carboxylic acids is 3. The lowest BCUT2D eigenvalue weighted by molar-refractivity contribution is -0.184. The molecule has 1 saturated carbocycles. The highest BCUT2D eigenvalue weighted by Crippen LogP contribution is 2.61. The first-order valence-electron chi connectivity index (χ1n) is 16.4. The number of likely N-dealkylation sites (N-methyl/N-ethyl adjacent to an activating group) is 1. The van der Waals surface area contributed by atoms with E-state index in [0.29, 0.717) is 48.9 Å². The molecule has 3 atom stereocenters. The fourth-order valence-electron chi connectivity index (χ4n) is 8.44. The lowest BCUT2D eigenvalue weighted by Gasteiger charge is -2.60. The van der Waals surface area contributed by atoms with Crippen LogP contribution in [0.3, 0.4) is 0 Å². The molecule has 1 fully saturated rings. The number of methoxy groups -OCH3 is 4. The molecule has 5 rings (SSSR count). The van der Waals surface area contributed by atoms with Crippen LogP contribution in [0.1, 0.15) is 68.3 Å². The van der Waals surface area contributed by atoms with Crippen LogP contribution in [0, 0.1) is 11.3 Å². The van der Waals surface area contributed by atoms with Gasteiger partial charge in [0.05, 0.1) is 47.2 Å². The fourth-order valence-corrected chi connectivity index (χ4v) is 8.44. The minimum absolute atomic E-state index is 0.0822. The quantitative estimate of drug-likeness (QED) is 0.284. The number of rotatable bonds is 9. The summed E-state index contributed by atoms with van der Waals surface area (Å²) in [5.74, 6) is 0.627. The first-order chi connectivity index (χ1) is 22.6. The third-order valence-electron chi connectivity index (χ3n) is 10.5. The van der Waals surface area contributed by atoms with Crippen LogP contribution in [0.5, 0.6) is 23.0 Å². The van der Waals surface area contributed by atoms with E-state index in [1.165, 1.54) is 0 Å². The average molecular weight is 653 g/mol. The molecular formula is C36H48N2O9. The molecule has 1 aliphatic carbocycles. The Morgan fingerprint density at radius 3 is 1.85 bits per heavy atom. The summed E-state index contributed by atoms with van der Waals surface area (Å²) >= 11 is 0. The minimum atomic E-state index is -1.56. The fraction of sp³-hybridized carbons (Fsp3) is 0.583. The van der Waals surface area contributed by atoms with E-state index in [4.69, 9.17) is 28.4 Å². The molecule has 2 heterocycles. The highest BCUT2D eigenvalue weighted by molar-refractivity contribution is 6.00. The van der Waals surface area contributed by atoms with Crippen molar-refractivity contribution in [3.8, 4) is 23.0 Å². The van der Waals surface area contributed by atoms with Gasteiger partial charge in [0.15, 0.2) is 28.4 Å². The number of hydrogen-bond donors (Lipinski definition) is 0. The maximum Gasteiger partial charge on any atom is 0.323 e. The van der Waals surface area contributed by atoms with Crippen molar-refractivity contribution in [2.75, 3.05) is 61.8 Å². The third-order valence-corrected chi connectivity index (χ3v) is 10.5. The number of ether oxygens (including phenoxy) is 6. The van der Waals surface area contributed by atoms with Gasteiger partial charge in [-0.15, -0.1) is 0 Å². The number of benzene rings is 2. The molecule has 11 heteroatoms. The Kier molecular flexibility index (Phi) is 9.96. The van der Waals surface area contributed by atoms with Gasteiger partial charge in [-0.1, -0.05) is 0 Å². The zero-order valence-corrected chi connectivity index (χ0v) is 28.9.